The monoisotopic (exact) mass is 681 g/mol. The number of hydrogen-bond donors (Lipinski definition) is 2. The van der Waals surface area contributed by atoms with Gasteiger partial charge in [0, 0.05) is 54.0 Å². The summed E-state index contributed by atoms with van der Waals surface area (Å²) in [6.45, 7) is 7.04. The van der Waals surface area contributed by atoms with Crippen molar-refractivity contribution in [3.63, 3.8) is 0 Å². The smallest absolute Gasteiger partial charge is 0.387 e. The lowest BCUT2D eigenvalue weighted by atomic mass is 10.0. The Kier molecular flexibility index (Phi) is 12.0. The van der Waals surface area contributed by atoms with Crippen LogP contribution in [0.4, 0.5) is 14.5 Å². The highest BCUT2D eigenvalue weighted by molar-refractivity contribution is 6.31. The maximum absolute atomic E-state index is 13.3. The molecule has 1 aliphatic heterocycles. The summed E-state index contributed by atoms with van der Waals surface area (Å²) in [7, 11) is 4.04. The van der Waals surface area contributed by atoms with Crippen molar-refractivity contribution in [2.24, 2.45) is 5.73 Å². The predicted octanol–water partition coefficient (Wildman–Crippen LogP) is 5.24. The molecule has 4 aromatic rings. The van der Waals surface area contributed by atoms with E-state index in [4.69, 9.17) is 22.1 Å². The fourth-order valence-electron chi connectivity index (χ4n) is 4.98. The minimum absolute atomic E-state index is 0.107. The number of allylic oxidation sites excluding steroid dienone is 3. The van der Waals surface area contributed by atoms with E-state index in [1.807, 2.05) is 27.1 Å². The summed E-state index contributed by atoms with van der Waals surface area (Å²) in [4.78, 5) is 34.5. The Morgan fingerprint density at radius 3 is 2.58 bits per heavy atom. The lowest BCUT2D eigenvalue weighted by Gasteiger charge is -2.35. The lowest BCUT2D eigenvalue weighted by molar-refractivity contribution is -0.133. The molecule has 3 N–H and O–H groups in total. The number of ether oxygens (including phenoxy) is 1. The largest absolute Gasteiger partial charge is 0.434 e. The van der Waals surface area contributed by atoms with Crippen molar-refractivity contribution < 1.29 is 23.1 Å². The molecule has 4 heterocycles. The number of anilines is 1. The van der Waals surface area contributed by atoms with Crippen LogP contribution in [0.1, 0.15) is 30.1 Å². The van der Waals surface area contributed by atoms with Gasteiger partial charge >= 0.3 is 6.61 Å². The van der Waals surface area contributed by atoms with Crippen molar-refractivity contribution in [1.29, 1.82) is 0 Å². The lowest BCUT2D eigenvalue weighted by Crippen LogP contribution is -2.45. The molecule has 1 aromatic carbocycles. The number of nitrogens with zero attached hydrogens (tertiary/aromatic N) is 7. The first-order chi connectivity index (χ1) is 22.8. The highest BCUT2D eigenvalue weighted by atomic mass is 35.5. The van der Waals surface area contributed by atoms with Crippen LogP contribution in [-0.4, -0.2) is 85.8 Å². The van der Waals surface area contributed by atoms with Gasteiger partial charge in [-0.05, 0) is 64.2 Å². The number of halogens is 3. The van der Waals surface area contributed by atoms with E-state index >= 15 is 0 Å². The maximum atomic E-state index is 13.3. The van der Waals surface area contributed by atoms with Crippen molar-refractivity contribution in [1.82, 2.24) is 34.2 Å². The zero-order valence-corrected chi connectivity index (χ0v) is 27.7. The number of benzene rings is 1. The zero-order chi connectivity index (χ0) is 35.0. The van der Waals surface area contributed by atoms with Gasteiger partial charge in [-0.3, -0.25) is 14.3 Å². The Bertz CT molecular complexity index is 1790. The Labute approximate surface area is 282 Å². The second kappa shape index (κ2) is 16.2. The SMILES string of the molecule is C=C(C)/C=C\C(=C)N.CN(C)C1CCN(C(=O)Cn2cc(NC(=O)c3cnn4cccnc34)c(-c3cc(Cl)ccc3OC(F)F)n2)CC1. The van der Waals surface area contributed by atoms with Crippen LogP contribution < -0.4 is 15.8 Å². The molecule has 0 radical (unpaired) electrons. The van der Waals surface area contributed by atoms with Gasteiger partial charge in [-0.2, -0.15) is 19.0 Å². The average Bonchev–Trinajstić information content (AvgIpc) is 3.65. The summed E-state index contributed by atoms with van der Waals surface area (Å²) in [6.07, 6.45) is 11.3. The predicted molar refractivity (Wildman–Crippen MR) is 181 cm³/mol. The number of rotatable bonds is 10. The molecular weight excluding hydrogens is 644 g/mol. The molecule has 12 nitrogen and oxygen atoms in total. The summed E-state index contributed by atoms with van der Waals surface area (Å²) < 4.78 is 33.9. The fraction of sp³-hybridized carbons (Fsp3) is 0.303. The van der Waals surface area contributed by atoms with E-state index in [1.54, 1.807) is 23.2 Å². The van der Waals surface area contributed by atoms with E-state index in [9.17, 15) is 18.4 Å². The molecule has 0 spiro atoms. The number of carbonyl (C=O) groups is 2. The molecule has 1 aliphatic rings. The van der Waals surface area contributed by atoms with Gasteiger partial charge in [0.1, 0.15) is 23.6 Å². The topological polar surface area (TPSA) is 136 Å². The van der Waals surface area contributed by atoms with Crippen LogP contribution in [0.25, 0.3) is 16.9 Å². The van der Waals surface area contributed by atoms with Crippen molar-refractivity contribution in [3.8, 4) is 17.0 Å². The minimum atomic E-state index is -3.10. The Morgan fingerprint density at radius 2 is 1.96 bits per heavy atom. The Morgan fingerprint density at radius 1 is 1.23 bits per heavy atom. The molecule has 0 saturated carbocycles. The Hall–Kier alpha value is -5.08. The minimum Gasteiger partial charge on any atom is -0.434 e. The first-order valence-corrected chi connectivity index (χ1v) is 15.3. The van der Waals surface area contributed by atoms with Gasteiger partial charge < -0.3 is 25.6 Å². The van der Waals surface area contributed by atoms with Crippen LogP contribution in [0, 0.1) is 0 Å². The molecule has 1 fully saturated rings. The maximum Gasteiger partial charge on any atom is 0.387 e. The van der Waals surface area contributed by atoms with E-state index < -0.39 is 12.5 Å². The van der Waals surface area contributed by atoms with Crippen molar-refractivity contribution in [2.45, 2.75) is 39.0 Å². The standard InChI is InChI=1S/C26H27ClF2N8O3.C7H11N/c1-34(2)17-6-10-35(11-7-17)22(38)15-36-14-20(32-25(39)19-13-31-37-9-3-8-30-24(19)37)23(33-36)18-12-16(27)4-5-21(18)40-26(28)29;1-6(2)4-5-7(3)8/h3-5,8-9,12-14,17,26H,6-7,10-11,15H2,1-2H3,(H,32,39);4-5H,1,3,8H2,2H3/b;5-4-. The average molecular weight is 682 g/mol. The molecule has 3 aromatic heterocycles. The molecule has 0 unspecified atom stereocenters. The molecule has 1 saturated heterocycles. The number of fused-ring (bicyclic) bond motifs is 1. The third-order valence-corrected chi connectivity index (χ3v) is 7.61. The number of hydrogen-bond acceptors (Lipinski definition) is 8. The van der Waals surface area contributed by atoms with Crippen LogP contribution in [0.2, 0.25) is 5.02 Å². The van der Waals surface area contributed by atoms with E-state index in [1.165, 1.54) is 46.0 Å². The third kappa shape index (κ3) is 9.48. The molecule has 5 rings (SSSR count). The molecular formula is C33H38ClF2N9O3. The number of alkyl halides is 2. The normalized spacial score (nSPS) is 13.5. The number of amides is 2. The molecule has 48 heavy (non-hydrogen) atoms. The summed E-state index contributed by atoms with van der Waals surface area (Å²) in [6, 6.07) is 6.19. The van der Waals surface area contributed by atoms with E-state index in [2.05, 4.69) is 38.6 Å². The number of likely N-dealkylation sites (tertiary alicyclic amines) is 1. The number of piperidine rings is 1. The van der Waals surface area contributed by atoms with Gasteiger partial charge in [-0.25, -0.2) is 9.50 Å². The van der Waals surface area contributed by atoms with Crippen molar-refractivity contribution >= 4 is 34.7 Å². The van der Waals surface area contributed by atoms with E-state index in [-0.39, 0.29) is 45.7 Å². The van der Waals surface area contributed by atoms with Gasteiger partial charge in [0.2, 0.25) is 5.91 Å². The summed E-state index contributed by atoms with van der Waals surface area (Å²) in [5, 5.41) is 11.6. The second-order valence-electron chi connectivity index (χ2n) is 11.3. The molecule has 15 heteroatoms. The summed E-state index contributed by atoms with van der Waals surface area (Å²) in [5.74, 6) is -0.883. The summed E-state index contributed by atoms with van der Waals surface area (Å²) >= 11 is 6.19. The number of nitrogens with one attached hydrogen (secondary N) is 1. The van der Waals surface area contributed by atoms with Crippen molar-refractivity contribution in [2.75, 3.05) is 32.5 Å². The molecule has 0 bridgehead atoms. The van der Waals surface area contributed by atoms with Crippen LogP contribution in [-0.2, 0) is 11.3 Å². The Balaban J connectivity index is 0.000000579. The zero-order valence-electron chi connectivity index (χ0n) is 26.9. The van der Waals surface area contributed by atoms with E-state index in [0.29, 0.717) is 30.5 Å². The van der Waals surface area contributed by atoms with Gasteiger partial charge in [0.05, 0.1) is 11.9 Å². The van der Waals surface area contributed by atoms with Crippen LogP contribution in [0.3, 0.4) is 0 Å². The van der Waals surface area contributed by atoms with Gasteiger partial charge in [-0.15, -0.1) is 0 Å². The molecule has 0 atom stereocenters. The van der Waals surface area contributed by atoms with Gasteiger partial charge in [0.25, 0.3) is 5.91 Å². The quantitative estimate of drug-likeness (QED) is 0.217. The molecule has 254 valence electrons. The molecule has 2 amide bonds. The number of carbonyl (C=O) groups excluding carboxylic acids is 2. The number of aromatic nitrogens is 5. The van der Waals surface area contributed by atoms with Gasteiger partial charge in [-0.1, -0.05) is 36.4 Å². The molecule has 0 aliphatic carbocycles. The van der Waals surface area contributed by atoms with Crippen LogP contribution in [0.15, 0.2) is 85.6 Å². The van der Waals surface area contributed by atoms with E-state index in [0.717, 1.165) is 18.4 Å². The van der Waals surface area contributed by atoms with Crippen LogP contribution in [0.5, 0.6) is 5.75 Å². The highest BCUT2D eigenvalue weighted by Crippen LogP contribution is 2.37. The van der Waals surface area contributed by atoms with Crippen LogP contribution >= 0.6 is 11.6 Å². The highest BCUT2D eigenvalue weighted by Gasteiger charge is 2.26. The fourth-order valence-corrected chi connectivity index (χ4v) is 5.15. The number of nitrogens with two attached hydrogens (primary N) is 1. The summed E-state index contributed by atoms with van der Waals surface area (Å²) in [5.41, 5.74) is 7.68. The van der Waals surface area contributed by atoms with Crippen molar-refractivity contribution in [3.05, 3.63) is 96.2 Å². The first-order valence-electron chi connectivity index (χ1n) is 15.0. The second-order valence-corrected chi connectivity index (χ2v) is 11.8. The first kappa shape index (κ1) is 35.8. The van der Waals surface area contributed by atoms with Gasteiger partial charge in [0.15, 0.2) is 5.65 Å². The third-order valence-electron chi connectivity index (χ3n) is 7.37.